The van der Waals surface area contributed by atoms with Gasteiger partial charge in [0.2, 0.25) is 0 Å². The Labute approximate surface area is 194 Å². The van der Waals surface area contributed by atoms with E-state index in [-0.39, 0.29) is 11.9 Å². The van der Waals surface area contributed by atoms with E-state index in [9.17, 15) is 4.79 Å². The van der Waals surface area contributed by atoms with Crippen LogP contribution in [0.2, 0.25) is 0 Å². The van der Waals surface area contributed by atoms with E-state index in [1.165, 1.54) is 30.6 Å². The number of piperidine rings is 1. The summed E-state index contributed by atoms with van der Waals surface area (Å²) >= 11 is 5.07. The summed E-state index contributed by atoms with van der Waals surface area (Å²) in [6.07, 6.45) is 3.59. The highest BCUT2D eigenvalue weighted by Crippen LogP contribution is 2.41. The molecule has 0 bridgehead atoms. The number of thiophene rings is 1. The molecule has 1 unspecified atom stereocenters. The van der Waals surface area contributed by atoms with E-state index in [1.807, 2.05) is 47.8 Å². The zero-order valence-corrected chi connectivity index (χ0v) is 19.4. The number of nitrogens with zero attached hydrogens (tertiary/aromatic N) is 1. The van der Waals surface area contributed by atoms with E-state index in [2.05, 4.69) is 44.3 Å². The molecule has 1 atom stereocenters. The zero-order valence-electron chi connectivity index (χ0n) is 17.0. The van der Waals surface area contributed by atoms with Crippen LogP contribution in [0.3, 0.4) is 0 Å². The lowest BCUT2D eigenvalue weighted by molar-refractivity contribution is 0.102. The first-order valence-electron chi connectivity index (χ1n) is 10.6. The van der Waals surface area contributed by atoms with Crippen molar-refractivity contribution in [1.82, 2.24) is 4.90 Å². The van der Waals surface area contributed by atoms with E-state index >= 15 is 0 Å². The standard InChI is InChI=1S/C25H23BrN2O2S/c26-18-9-6-8-17(16-18)23(28-13-4-1-5-14-28)24-22(19-10-2-3-11-20(19)30-24)27-25(29)21-12-7-15-31-21/h2-3,6-12,15-16,23H,1,4-5,13-14H2,(H,27,29). The summed E-state index contributed by atoms with van der Waals surface area (Å²) in [5.74, 6) is 0.695. The van der Waals surface area contributed by atoms with Crippen LogP contribution in [0.25, 0.3) is 11.0 Å². The second kappa shape index (κ2) is 8.99. The number of para-hydroxylation sites is 1. The number of nitrogens with one attached hydrogen (secondary N) is 1. The Hall–Kier alpha value is -2.41. The lowest BCUT2D eigenvalue weighted by Gasteiger charge is -2.34. The van der Waals surface area contributed by atoms with Crippen LogP contribution in [0, 0.1) is 0 Å². The highest BCUT2D eigenvalue weighted by atomic mass is 79.9. The van der Waals surface area contributed by atoms with Gasteiger partial charge in [0, 0.05) is 9.86 Å². The van der Waals surface area contributed by atoms with Gasteiger partial charge in [-0.2, -0.15) is 0 Å². The Morgan fingerprint density at radius 2 is 1.87 bits per heavy atom. The van der Waals surface area contributed by atoms with Gasteiger partial charge in [0.25, 0.3) is 5.91 Å². The number of furan rings is 1. The third-order valence-electron chi connectivity index (χ3n) is 5.77. The van der Waals surface area contributed by atoms with Gasteiger partial charge < -0.3 is 9.73 Å². The van der Waals surface area contributed by atoms with Gasteiger partial charge >= 0.3 is 0 Å². The number of benzene rings is 2. The van der Waals surface area contributed by atoms with Gasteiger partial charge in [-0.05, 0) is 67.2 Å². The number of amides is 1. The van der Waals surface area contributed by atoms with Crippen LogP contribution in [0.4, 0.5) is 5.69 Å². The molecule has 1 amide bonds. The van der Waals surface area contributed by atoms with E-state index in [0.717, 1.165) is 45.5 Å². The van der Waals surface area contributed by atoms with Crippen LogP contribution in [0.15, 0.2) is 74.9 Å². The van der Waals surface area contributed by atoms with Crippen molar-refractivity contribution in [3.05, 3.63) is 86.7 Å². The monoisotopic (exact) mass is 494 g/mol. The Balaban J connectivity index is 1.65. The first kappa shape index (κ1) is 20.5. The molecule has 1 aliphatic rings. The number of carbonyl (C=O) groups excluding carboxylic acids is 1. The smallest absolute Gasteiger partial charge is 0.265 e. The van der Waals surface area contributed by atoms with Crippen molar-refractivity contribution in [3.63, 3.8) is 0 Å². The number of carbonyl (C=O) groups is 1. The minimum atomic E-state index is -0.102. The average molecular weight is 495 g/mol. The highest BCUT2D eigenvalue weighted by Gasteiger charge is 2.31. The van der Waals surface area contributed by atoms with Gasteiger partial charge in [-0.3, -0.25) is 9.69 Å². The second-order valence-electron chi connectivity index (χ2n) is 7.82. The molecule has 2 aromatic carbocycles. The number of halogens is 1. The van der Waals surface area contributed by atoms with Crippen molar-refractivity contribution in [1.29, 1.82) is 0 Å². The second-order valence-corrected chi connectivity index (χ2v) is 9.69. The van der Waals surface area contributed by atoms with Crippen molar-refractivity contribution in [2.45, 2.75) is 25.3 Å². The summed E-state index contributed by atoms with van der Waals surface area (Å²) in [4.78, 5) is 16.2. The molecule has 31 heavy (non-hydrogen) atoms. The largest absolute Gasteiger partial charge is 0.457 e. The van der Waals surface area contributed by atoms with Crippen LogP contribution < -0.4 is 5.32 Å². The molecule has 4 aromatic rings. The fraction of sp³-hybridized carbons (Fsp3) is 0.240. The highest BCUT2D eigenvalue weighted by molar-refractivity contribution is 9.10. The summed E-state index contributed by atoms with van der Waals surface area (Å²) in [5, 5.41) is 6.03. The minimum absolute atomic E-state index is 0.0659. The molecule has 1 fully saturated rings. The Morgan fingerprint density at radius 3 is 2.65 bits per heavy atom. The van der Waals surface area contributed by atoms with Gasteiger partial charge in [-0.15, -0.1) is 11.3 Å². The SMILES string of the molecule is O=C(Nc1c(C(c2cccc(Br)c2)N2CCCCC2)oc2ccccc12)c1cccs1. The average Bonchev–Trinajstić information content (AvgIpc) is 3.44. The molecule has 0 radical (unpaired) electrons. The predicted octanol–water partition coefficient (Wildman–Crippen LogP) is 7.08. The van der Waals surface area contributed by atoms with Crippen molar-refractivity contribution in [3.8, 4) is 0 Å². The number of likely N-dealkylation sites (tertiary alicyclic amines) is 1. The van der Waals surface area contributed by atoms with Crippen LogP contribution in [0.1, 0.15) is 46.3 Å². The number of hydrogen-bond acceptors (Lipinski definition) is 4. The summed E-state index contributed by atoms with van der Waals surface area (Å²) < 4.78 is 7.49. The van der Waals surface area contributed by atoms with E-state index in [1.54, 1.807) is 0 Å². The van der Waals surface area contributed by atoms with Gasteiger partial charge in [0.15, 0.2) is 0 Å². The molecular formula is C25H23BrN2O2S. The molecule has 2 aromatic heterocycles. The van der Waals surface area contributed by atoms with E-state index < -0.39 is 0 Å². The minimum Gasteiger partial charge on any atom is -0.457 e. The van der Waals surface area contributed by atoms with Crippen LogP contribution in [-0.2, 0) is 0 Å². The molecule has 5 rings (SSSR count). The first-order chi connectivity index (χ1) is 15.2. The topological polar surface area (TPSA) is 45.5 Å². The number of fused-ring (bicyclic) bond motifs is 1. The van der Waals surface area contributed by atoms with E-state index in [0.29, 0.717) is 4.88 Å². The fourth-order valence-corrected chi connectivity index (χ4v) is 5.39. The molecule has 0 saturated carbocycles. The van der Waals surface area contributed by atoms with Crippen molar-refractivity contribution in [2.75, 3.05) is 18.4 Å². The third-order valence-corrected chi connectivity index (χ3v) is 7.14. The predicted molar refractivity (Wildman–Crippen MR) is 130 cm³/mol. The molecule has 158 valence electrons. The maximum atomic E-state index is 13.0. The summed E-state index contributed by atoms with van der Waals surface area (Å²) in [6.45, 7) is 2.01. The number of hydrogen-bond donors (Lipinski definition) is 1. The quantitative estimate of drug-likeness (QED) is 0.322. The maximum absolute atomic E-state index is 13.0. The zero-order chi connectivity index (χ0) is 21.2. The third kappa shape index (κ3) is 4.20. The summed E-state index contributed by atoms with van der Waals surface area (Å²) in [5.41, 5.74) is 2.71. The first-order valence-corrected chi connectivity index (χ1v) is 12.2. The summed E-state index contributed by atoms with van der Waals surface area (Å²) in [7, 11) is 0. The number of rotatable bonds is 5. The van der Waals surface area contributed by atoms with Gasteiger partial charge in [0.05, 0.1) is 16.6 Å². The molecule has 6 heteroatoms. The Morgan fingerprint density at radius 1 is 1.03 bits per heavy atom. The van der Waals surface area contributed by atoms with Crippen LogP contribution in [0.5, 0.6) is 0 Å². The van der Waals surface area contributed by atoms with Crippen LogP contribution >= 0.6 is 27.3 Å². The molecule has 1 aliphatic heterocycles. The van der Waals surface area contributed by atoms with Gasteiger partial charge in [0.1, 0.15) is 11.3 Å². The van der Waals surface area contributed by atoms with Crippen LogP contribution in [-0.4, -0.2) is 23.9 Å². The van der Waals surface area contributed by atoms with Crippen molar-refractivity contribution < 1.29 is 9.21 Å². The van der Waals surface area contributed by atoms with Crippen molar-refractivity contribution in [2.24, 2.45) is 0 Å². The molecular weight excluding hydrogens is 472 g/mol. The molecule has 1 saturated heterocycles. The maximum Gasteiger partial charge on any atom is 0.265 e. The lowest BCUT2D eigenvalue weighted by Crippen LogP contribution is -2.34. The molecule has 0 spiro atoms. The van der Waals surface area contributed by atoms with Crippen molar-refractivity contribution >= 4 is 49.8 Å². The Kier molecular flexibility index (Phi) is 5.94. The van der Waals surface area contributed by atoms with E-state index in [4.69, 9.17) is 4.42 Å². The molecule has 1 N–H and O–H groups in total. The summed E-state index contributed by atoms with van der Waals surface area (Å²) in [6, 6.07) is 20.0. The molecule has 3 heterocycles. The van der Waals surface area contributed by atoms with Gasteiger partial charge in [-0.25, -0.2) is 0 Å². The lowest BCUT2D eigenvalue weighted by atomic mass is 9.98. The van der Waals surface area contributed by atoms with Gasteiger partial charge in [-0.1, -0.05) is 52.7 Å². The normalized spacial score (nSPS) is 15.8. The molecule has 4 nitrogen and oxygen atoms in total. The molecule has 0 aliphatic carbocycles. The fourth-order valence-electron chi connectivity index (χ4n) is 4.35. The number of anilines is 1. The Bertz CT molecular complexity index is 1200.